The fourth-order valence-corrected chi connectivity index (χ4v) is 2.58. The van der Waals surface area contributed by atoms with Crippen molar-refractivity contribution in [1.29, 1.82) is 0 Å². The Bertz CT molecular complexity index is 1200. The number of benzene rings is 1. The number of aryl methyl sites for hydroxylation is 1. The number of nitro groups is 1. The zero-order valence-electron chi connectivity index (χ0n) is 18.4. The van der Waals surface area contributed by atoms with Gasteiger partial charge in [0.2, 0.25) is 5.82 Å². The molecule has 0 spiro atoms. The Morgan fingerprint density at radius 1 is 1.25 bits per heavy atom. The summed E-state index contributed by atoms with van der Waals surface area (Å²) in [5.41, 5.74) is 2.47. The van der Waals surface area contributed by atoms with E-state index in [0.29, 0.717) is 29.4 Å². The van der Waals surface area contributed by atoms with Crippen LogP contribution >= 0.6 is 0 Å². The van der Waals surface area contributed by atoms with Crippen molar-refractivity contribution in [3.05, 3.63) is 52.0 Å². The fourth-order valence-electron chi connectivity index (χ4n) is 2.58. The molecule has 0 radical (unpaired) electrons. The molecule has 3 aromatic rings. The predicted molar refractivity (Wildman–Crippen MR) is 118 cm³/mol. The number of aromatic nitrogens is 6. The number of hydrogen-bond donors (Lipinski definition) is 0. The lowest BCUT2D eigenvalue weighted by molar-refractivity contribution is -0.426. The van der Waals surface area contributed by atoms with E-state index in [4.69, 9.17) is 15.9 Å². The molecule has 1 aromatic carbocycles. The van der Waals surface area contributed by atoms with E-state index in [2.05, 4.69) is 31.4 Å². The highest BCUT2D eigenvalue weighted by atomic mass is 16.6. The van der Waals surface area contributed by atoms with Crippen molar-refractivity contribution in [2.24, 2.45) is 7.05 Å². The first-order valence-electron chi connectivity index (χ1n) is 9.34. The first-order valence-corrected chi connectivity index (χ1v) is 9.34. The van der Waals surface area contributed by atoms with Crippen LogP contribution in [0.3, 0.4) is 0 Å². The Kier molecular flexibility index (Phi) is 8.36. The van der Waals surface area contributed by atoms with E-state index in [1.165, 1.54) is 12.4 Å². The summed E-state index contributed by atoms with van der Waals surface area (Å²) in [7, 11) is 4.92. The van der Waals surface area contributed by atoms with Gasteiger partial charge >= 0.3 is 0 Å². The van der Waals surface area contributed by atoms with Gasteiger partial charge in [-0.05, 0) is 30.3 Å². The van der Waals surface area contributed by atoms with Gasteiger partial charge in [0.1, 0.15) is 12.0 Å². The molecule has 0 atom stereocenters. The van der Waals surface area contributed by atoms with Gasteiger partial charge in [-0.1, -0.05) is 17.6 Å². The van der Waals surface area contributed by atoms with Crippen LogP contribution in [0, 0.1) is 22.5 Å². The molecule has 11 heteroatoms. The second kappa shape index (κ2) is 11.2. The molecule has 0 aliphatic carbocycles. The average Bonchev–Trinajstić information content (AvgIpc) is 3.20. The summed E-state index contributed by atoms with van der Waals surface area (Å²) < 4.78 is 12.1. The summed E-state index contributed by atoms with van der Waals surface area (Å²) in [5, 5.41) is 22.5. The number of nitrogens with zero attached hydrogens (tertiary/aromatic N) is 7. The van der Waals surface area contributed by atoms with Gasteiger partial charge in [-0.3, -0.25) is 10.1 Å². The summed E-state index contributed by atoms with van der Waals surface area (Å²) in [6, 6.07) is 3.61. The highest BCUT2D eigenvalue weighted by molar-refractivity contribution is 5.92. The van der Waals surface area contributed by atoms with Crippen LogP contribution in [0.25, 0.3) is 22.4 Å². The first-order chi connectivity index (χ1) is 15.3. The van der Waals surface area contributed by atoms with E-state index in [1.54, 1.807) is 38.1 Å². The van der Waals surface area contributed by atoms with Crippen molar-refractivity contribution >= 4 is 10.9 Å². The van der Waals surface area contributed by atoms with Gasteiger partial charge in [-0.25, -0.2) is 14.6 Å². The molecule has 2 aromatic heterocycles. The van der Waals surface area contributed by atoms with Gasteiger partial charge < -0.3 is 9.47 Å². The third-order valence-electron chi connectivity index (χ3n) is 4.18. The number of ether oxygens (including phenoxy) is 2. The largest absolute Gasteiger partial charge is 0.493 e. The topological polar surface area (TPSA) is 131 Å². The maximum Gasteiger partial charge on any atom is 0.258 e. The van der Waals surface area contributed by atoms with Crippen molar-refractivity contribution in [1.82, 2.24) is 30.2 Å². The highest BCUT2D eigenvalue weighted by Crippen LogP contribution is 2.34. The fraction of sp³-hybridized carbons (Fsp3) is 0.286. The van der Waals surface area contributed by atoms with E-state index in [9.17, 15) is 10.1 Å². The Labute approximate surface area is 184 Å². The number of rotatable bonds is 6. The van der Waals surface area contributed by atoms with Crippen LogP contribution in [0.2, 0.25) is 0 Å². The van der Waals surface area contributed by atoms with E-state index in [1.807, 2.05) is 19.9 Å². The molecule has 11 nitrogen and oxygen atoms in total. The molecule has 0 saturated heterocycles. The van der Waals surface area contributed by atoms with Crippen LogP contribution in [0.1, 0.15) is 20.3 Å². The number of hydrogen-bond acceptors (Lipinski definition) is 9. The Morgan fingerprint density at radius 2 is 1.94 bits per heavy atom. The summed E-state index contributed by atoms with van der Waals surface area (Å²) >= 11 is 0. The molecule has 166 valence electrons. The molecule has 2 heterocycles. The number of terminal acetylenes is 1. The molecule has 0 fully saturated rings. The SMILES string of the molecule is C#C/C=C(\CC=C(C)C)[N+](=O)[O-].COc1cc2ncnc(-c3nnnn3C)c2cc1OC. The normalized spacial score (nSPS) is 10.6. The van der Waals surface area contributed by atoms with E-state index in [0.717, 1.165) is 16.5 Å². The van der Waals surface area contributed by atoms with Gasteiger partial charge in [-0.2, -0.15) is 0 Å². The lowest BCUT2D eigenvalue weighted by Crippen LogP contribution is -1.99. The molecule has 32 heavy (non-hydrogen) atoms. The molecule has 0 aliphatic heterocycles. The maximum absolute atomic E-state index is 10.3. The lowest BCUT2D eigenvalue weighted by atomic mass is 10.1. The third kappa shape index (κ3) is 5.85. The van der Waals surface area contributed by atoms with Crippen LogP contribution in [-0.2, 0) is 7.05 Å². The van der Waals surface area contributed by atoms with Crippen LogP contribution in [0.15, 0.2) is 41.9 Å². The van der Waals surface area contributed by atoms with E-state index in [-0.39, 0.29) is 5.70 Å². The third-order valence-corrected chi connectivity index (χ3v) is 4.18. The van der Waals surface area contributed by atoms with Gasteiger partial charge in [-0.15, -0.1) is 11.5 Å². The highest BCUT2D eigenvalue weighted by Gasteiger charge is 2.15. The van der Waals surface area contributed by atoms with Crippen molar-refractivity contribution in [2.45, 2.75) is 20.3 Å². The Morgan fingerprint density at radius 3 is 2.47 bits per heavy atom. The second-order valence-electron chi connectivity index (χ2n) is 6.62. The maximum atomic E-state index is 10.3. The zero-order valence-corrected chi connectivity index (χ0v) is 18.4. The summed E-state index contributed by atoms with van der Waals surface area (Å²) in [5.74, 6) is 3.91. The Balaban J connectivity index is 0.000000262. The minimum Gasteiger partial charge on any atom is -0.493 e. The van der Waals surface area contributed by atoms with Crippen LogP contribution in [-0.4, -0.2) is 49.3 Å². The van der Waals surface area contributed by atoms with Crippen molar-refractivity contribution in [3.8, 4) is 35.4 Å². The number of tetrazole rings is 1. The smallest absolute Gasteiger partial charge is 0.258 e. The second-order valence-corrected chi connectivity index (χ2v) is 6.62. The molecular weight excluding hydrogens is 414 g/mol. The zero-order chi connectivity index (χ0) is 23.7. The van der Waals surface area contributed by atoms with Gasteiger partial charge in [0.15, 0.2) is 11.5 Å². The molecule has 0 saturated carbocycles. The predicted octanol–water partition coefficient (Wildman–Crippen LogP) is 2.97. The number of methoxy groups -OCH3 is 2. The number of fused-ring (bicyclic) bond motifs is 1. The minimum absolute atomic E-state index is 0.0544. The molecule has 0 N–H and O–H groups in total. The molecule has 0 bridgehead atoms. The first kappa shape index (κ1) is 23.9. The summed E-state index contributed by atoms with van der Waals surface area (Å²) in [6.45, 7) is 3.76. The number of allylic oxidation sites excluding steroid dienone is 3. The van der Waals surface area contributed by atoms with Crippen LogP contribution in [0.5, 0.6) is 11.5 Å². The van der Waals surface area contributed by atoms with Crippen LogP contribution in [0.4, 0.5) is 0 Å². The average molecular weight is 437 g/mol. The Hall–Kier alpha value is -4.33. The van der Waals surface area contributed by atoms with Crippen molar-refractivity contribution in [3.63, 3.8) is 0 Å². The minimum atomic E-state index is -0.459. The van der Waals surface area contributed by atoms with Gasteiger partial charge in [0.25, 0.3) is 5.70 Å². The van der Waals surface area contributed by atoms with E-state index < -0.39 is 4.92 Å². The van der Waals surface area contributed by atoms with Crippen molar-refractivity contribution < 1.29 is 14.4 Å². The standard InChI is InChI=1S/C12H12N6O2.C9H11NO2/c1-18-12(15-16-17-18)11-7-4-9(19-2)10(20-3)5-8(7)13-6-14-11;1-4-5-9(10(11)12)7-6-8(2)3/h4-6H,1-3H3;1,5-6H,7H2,2-3H3/b;9-5+. The molecule has 0 aliphatic rings. The molecule has 0 amide bonds. The monoisotopic (exact) mass is 437 g/mol. The summed E-state index contributed by atoms with van der Waals surface area (Å²) in [4.78, 5) is 18.4. The van der Waals surface area contributed by atoms with E-state index >= 15 is 0 Å². The van der Waals surface area contributed by atoms with Crippen molar-refractivity contribution in [2.75, 3.05) is 14.2 Å². The quantitative estimate of drug-likeness (QED) is 0.247. The van der Waals surface area contributed by atoms with Crippen LogP contribution < -0.4 is 9.47 Å². The molecular formula is C21H23N7O4. The van der Waals surface area contributed by atoms with Gasteiger partial charge in [0, 0.05) is 18.5 Å². The molecule has 3 rings (SSSR count). The summed E-state index contributed by atoms with van der Waals surface area (Å²) in [6.07, 6.45) is 9.63. The lowest BCUT2D eigenvalue weighted by Gasteiger charge is -2.10. The van der Waals surface area contributed by atoms with Gasteiger partial charge in [0.05, 0.1) is 37.2 Å². The molecule has 0 unspecified atom stereocenters.